The standard InChI is InChI=1S/C13H20N2O.ClH/c1-2-12(11-7-4-3-5-8-11)13(16)15-10-6-9-14;/h3-5,7-8,12H,2,6,9-10,14H2,1H3,(H,15,16);1H. The molecule has 17 heavy (non-hydrogen) atoms. The summed E-state index contributed by atoms with van der Waals surface area (Å²) in [5, 5.41) is 2.91. The van der Waals surface area contributed by atoms with Crippen LogP contribution in [-0.2, 0) is 4.79 Å². The summed E-state index contributed by atoms with van der Waals surface area (Å²) in [4.78, 5) is 11.9. The normalized spacial score (nSPS) is 11.4. The molecule has 0 radical (unpaired) electrons. The topological polar surface area (TPSA) is 55.1 Å². The van der Waals surface area contributed by atoms with Gasteiger partial charge in [-0.3, -0.25) is 4.79 Å². The summed E-state index contributed by atoms with van der Waals surface area (Å²) in [6, 6.07) is 9.88. The summed E-state index contributed by atoms with van der Waals surface area (Å²) in [7, 11) is 0. The molecule has 0 saturated carbocycles. The third kappa shape index (κ3) is 5.20. The number of nitrogens with two attached hydrogens (primary N) is 1. The van der Waals surface area contributed by atoms with E-state index in [2.05, 4.69) is 5.32 Å². The minimum absolute atomic E-state index is 0. The molecule has 4 heteroatoms. The van der Waals surface area contributed by atoms with Gasteiger partial charge in [-0.1, -0.05) is 37.3 Å². The van der Waals surface area contributed by atoms with E-state index in [1.165, 1.54) is 0 Å². The number of hydrogen-bond acceptors (Lipinski definition) is 2. The molecule has 0 saturated heterocycles. The predicted molar refractivity (Wildman–Crippen MR) is 73.4 cm³/mol. The van der Waals surface area contributed by atoms with Crippen molar-refractivity contribution in [2.45, 2.75) is 25.7 Å². The van der Waals surface area contributed by atoms with Crippen molar-refractivity contribution in [1.29, 1.82) is 0 Å². The summed E-state index contributed by atoms with van der Waals surface area (Å²) >= 11 is 0. The Morgan fingerprint density at radius 2 is 2.00 bits per heavy atom. The quantitative estimate of drug-likeness (QED) is 0.766. The molecular formula is C13H21ClN2O. The average molecular weight is 257 g/mol. The van der Waals surface area contributed by atoms with Crippen LogP contribution in [0.25, 0.3) is 0 Å². The second kappa shape index (κ2) is 9.02. The molecule has 0 heterocycles. The molecule has 0 fully saturated rings. The highest BCUT2D eigenvalue weighted by Gasteiger charge is 2.17. The maximum absolute atomic E-state index is 11.9. The Labute approximate surface area is 109 Å². The second-order valence-electron chi connectivity index (χ2n) is 3.80. The Balaban J connectivity index is 0.00000256. The first kappa shape index (κ1) is 15.9. The molecule has 1 aromatic carbocycles. The van der Waals surface area contributed by atoms with Gasteiger partial charge in [-0.05, 0) is 24.9 Å². The van der Waals surface area contributed by atoms with Gasteiger partial charge in [0.05, 0.1) is 5.92 Å². The van der Waals surface area contributed by atoms with E-state index in [4.69, 9.17) is 5.73 Å². The Hall–Kier alpha value is -1.06. The van der Waals surface area contributed by atoms with Crippen molar-refractivity contribution in [2.75, 3.05) is 13.1 Å². The molecule has 0 spiro atoms. The number of carbonyl (C=O) groups is 1. The van der Waals surface area contributed by atoms with E-state index < -0.39 is 0 Å². The maximum Gasteiger partial charge on any atom is 0.227 e. The third-order valence-electron chi connectivity index (χ3n) is 2.61. The van der Waals surface area contributed by atoms with Crippen LogP contribution >= 0.6 is 12.4 Å². The molecule has 0 aliphatic carbocycles. The number of carbonyl (C=O) groups excluding carboxylic acids is 1. The van der Waals surface area contributed by atoms with E-state index in [0.717, 1.165) is 18.4 Å². The van der Waals surface area contributed by atoms with E-state index >= 15 is 0 Å². The van der Waals surface area contributed by atoms with Gasteiger partial charge < -0.3 is 11.1 Å². The van der Waals surface area contributed by atoms with Crippen LogP contribution in [0.15, 0.2) is 30.3 Å². The van der Waals surface area contributed by atoms with Gasteiger partial charge in [0.15, 0.2) is 0 Å². The van der Waals surface area contributed by atoms with Crippen LogP contribution in [0.2, 0.25) is 0 Å². The van der Waals surface area contributed by atoms with Gasteiger partial charge >= 0.3 is 0 Å². The van der Waals surface area contributed by atoms with E-state index in [1.54, 1.807) is 0 Å². The van der Waals surface area contributed by atoms with Crippen molar-refractivity contribution in [2.24, 2.45) is 5.73 Å². The molecule has 0 aliphatic heterocycles. The number of hydrogen-bond donors (Lipinski definition) is 2. The smallest absolute Gasteiger partial charge is 0.227 e. The number of amides is 1. The second-order valence-corrected chi connectivity index (χ2v) is 3.80. The Kier molecular flexibility index (Phi) is 8.46. The summed E-state index contributed by atoms with van der Waals surface area (Å²) in [5.74, 6) is 0.0566. The number of halogens is 1. The Bertz CT molecular complexity index is 316. The highest BCUT2D eigenvalue weighted by molar-refractivity contribution is 5.85. The lowest BCUT2D eigenvalue weighted by Crippen LogP contribution is -2.30. The first-order valence-corrected chi connectivity index (χ1v) is 5.82. The predicted octanol–water partition coefficient (Wildman–Crippen LogP) is 2.07. The monoisotopic (exact) mass is 256 g/mol. The fraction of sp³-hybridized carbons (Fsp3) is 0.462. The number of nitrogens with one attached hydrogen (secondary N) is 1. The van der Waals surface area contributed by atoms with Crippen LogP contribution in [0.4, 0.5) is 0 Å². The van der Waals surface area contributed by atoms with Gasteiger partial charge in [-0.15, -0.1) is 12.4 Å². The van der Waals surface area contributed by atoms with Crippen LogP contribution in [0.1, 0.15) is 31.2 Å². The van der Waals surface area contributed by atoms with Crippen molar-refractivity contribution in [3.8, 4) is 0 Å². The molecule has 1 rings (SSSR count). The van der Waals surface area contributed by atoms with Crippen LogP contribution in [-0.4, -0.2) is 19.0 Å². The minimum Gasteiger partial charge on any atom is -0.356 e. The Morgan fingerprint density at radius 3 is 2.53 bits per heavy atom. The number of benzene rings is 1. The Morgan fingerprint density at radius 1 is 1.35 bits per heavy atom. The highest BCUT2D eigenvalue weighted by atomic mass is 35.5. The van der Waals surface area contributed by atoms with Crippen molar-refractivity contribution in [3.63, 3.8) is 0 Å². The zero-order chi connectivity index (χ0) is 11.8. The molecular weight excluding hydrogens is 236 g/mol. The van der Waals surface area contributed by atoms with Crippen LogP contribution in [0.3, 0.4) is 0 Å². The molecule has 96 valence electrons. The maximum atomic E-state index is 11.9. The molecule has 0 aromatic heterocycles. The SMILES string of the molecule is CCC(C(=O)NCCCN)c1ccccc1.Cl. The zero-order valence-electron chi connectivity index (χ0n) is 10.2. The van der Waals surface area contributed by atoms with Crippen LogP contribution < -0.4 is 11.1 Å². The molecule has 1 atom stereocenters. The average Bonchev–Trinajstić information content (AvgIpc) is 2.32. The van der Waals surface area contributed by atoms with Crippen molar-refractivity contribution in [3.05, 3.63) is 35.9 Å². The van der Waals surface area contributed by atoms with E-state index in [9.17, 15) is 4.79 Å². The summed E-state index contributed by atoms with van der Waals surface area (Å²) in [6.07, 6.45) is 1.65. The van der Waals surface area contributed by atoms with E-state index in [-0.39, 0.29) is 24.2 Å². The number of rotatable bonds is 6. The van der Waals surface area contributed by atoms with Gasteiger partial charge in [0.1, 0.15) is 0 Å². The first-order chi connectivity index (χ1) is 7.79. The van der Waals surface area contributed by atoms with Gasteiger partial charge in [0, 0.05) is 6.54 Å². The first-order valence-electron chi connectivity index (χ1n) is 5.82. The van der Waals surface area contributed by atoms with E-state index in [0.29, 0.717) is 13.1 Å². The van der Waals surface area contributed by atoms with Crippen molar-refractivity contribution in [1.82, 2.24) is 5.32 Å². The zero-order valence-corrected chi connectivity index (χ0v) is 11.0. The minimum atomic E-state index is -0.0426. The van der Waals surface area contributed by atoms with Crippen LogP contribution in [0.5, 0.6) is 0 Å². The third-order valence-corrected chi connectivity index (χ3v) is 2.61. The fourth-order valence-corrected chi connectivity index (χ4v) is 1.69. The van der Waals surface area contributed by atoms with Gasteiger partial charge in [0.2, 0.25) is 5.91 Å². The largest absolute Gasteiger partial charge is 0.356 e. The molecule has 0 bridgehead atoms. The molecule has 1 aromatic rings. The van der Waals surface area contributed by atoms with Crippen LogP contribution in [0, 0.1) is 0 Å². The molecule has 3 N–H and O–H groups in total. The molecule has 0 aliphatic rings. The lowest BCUT2D eigenvalue weighted by Gasteiger charge is -2.15. The van der Waals surface area contributed by atoms with Gasteiger partial charge in [-0.2, -0.15) is 0 Å². The molecule has 1 amide bonds. The highest BCUT2D eigenvalue weighted by Crippen LogP contribution is 2.18. The fourth-order valence-electron chi connectivity index (χ4n) is 1.69. The lowest BCUT2D eigenvalue weighted by molar-refractivity contribution is -0.122. The molecule has 1 unspecified atom stereocenters. The summed E-state index contributed by atoms with van der Waals surface area (Å²) in [6.45, 7) is 3.31. The summed E-state index contributed by atoms with van der Waals surface area (Å²) < 4.78 is 0. The molecule has 3 nitrogen and oxygen atoms in total. The lowest BCUT2D eigenvalue weighted by atomic mass is 9.96. The van der Waals surface area contributed by atoms with E-state index in [1.807, 2.05) is 37.3 Å². The van der Waals surface area contributed by atoms with Gasteiger partial charge in [0.25, 0.3) is 0 Å². The van der Waals surface area contributed by atoms with Crippen molar-refractivity contribution >= 4 is 18.3 Å². The van der Waals surface area contributed by atoms with Crippen molar-refractivity contribution < 1.29 is 4.79 Å². The summed E-state index contributed by atoms with van der Waals surface area (Å²) in [5.41, 5.74) is 6.46. The van der Waals surface area contributed by atoms with Gasteiger partial charge in [-0.25, -0.2) is 0 Å².